The summed E-state index contributed by atoms with van der Waals surface area (Å²) in [6.07, 6.45) is 2.54. The molecule has 2 N–H and O–H groups in total. The minimum absolute atomic E-state index is 0.00435. The maximum absolute atomic E-state index is 11.8. The van der Waals surface area contributed by atoms with Crippen LogP contribution in [0.3, 0.4) is 0 Å². The summed E-state index contributed by atoms with van der Waals surface area (Å²) >= 11 is 0. The van der Waals surface area contributed by atoms with Gasteiger partial charge in [-0.3, -0.25) is 9.59 Å². The van der Waals surface area contributed by atoms with E-state index in [1.165, 1.54) is 0 Å². The van der Waals surface area contributed by atoms with Crippen molar-refractivity contribution >= 4 is 11.9 Å². The van der Waals surface area contributed by atoms with Gasteiger partial charge in [0.05, 0.1) is 12.5 Å². The molecular formula is C12H21NO4. The van der Waals surface area contributed by atoms with Gasteiger partial charge in [0, 0.05) is 19.1 Å². The Morgan fingerprint density at radius 3 is 2.29 bits per heavy atom. The van der Waals surface area contributed by atoms with Crippen molar-refractivity contribution in [3.05, 3.63) is 0 Å². The highest BCUT2D eigenvalue weighted by Crippen LogP contribution is 2.29. The number of carbonyl (C=O) groups is 2. The zero-order chi connectivity index (χ0) is 12.8. The van der Waals surface area contributed by atoms with E-state index in [2.05, 4.69) is 5.32 Å². The lowest BCUT2D eigenvalue weighted by atomic mass is 9.81. The Kier molecular flexibility index (Phi) is 5.41. The Bertz CT molecular complexity index is 272. The number of carboxylic acid groups (broad SMARTS) is 1. The Morgan fingerprint density at radius 2 is 1.82 bits per heavy atom. The minimum atomic E-state index is -0.739. The number of ether oxygens (including phenoxy) is 1. The SMILES string of the molecule is COC[C@@H](C)NC(=O)C1CCC(C(=O)O)CC1. The largest absolute Gasteiger partial charge is 0.481 e. The van der Waals surface area contributed by atoms with Crippen molar-refractivity contribution in [2.45, 2.75) is 38.6 Å². The molecule has 0 heterocycles. The van der Waals surface area contributed by atoms with Crippen molar-refractivity contribution < 1.29 is 19.4 Å². The summed E-state index contributed by atoms with van der Waals surface area (Å²) in [5, 5.41) is 11.7. The number of methoxy groups -OCH3 is 1. The quantitative estimate of drug-likeness (QED) is 0.756. The van der Waals surface area contributed by atoms with Gasteiger partial charge in [0.1, 0.15) is 0 Å². The summed E-state index contributed by atoms with van der Waals surface area (Å²) in [6, 6.07) is 0.00435. The standard InChI is InChI=1S/C12H21NO4/c1-8(7-17-2)13-11(14)9-3-5-10(6-4-9)12(15)16/h8-10H,3-7H2,1-2H3,(H,13,14)(H,15,16)/t8-,9?,10?/m1/s1. The Morgan fingerprint density at radius 1 is 1.29 bits per heavy atom. The Labute approximate surface area is 102 Å². The Balaban J connectivity index is 2.33. The van der Waals surface area contributed by atoms with Crippen molar-refractivity contribution in [2.75, 3.05) is 13.7 Å². The van der Waals surface area contributed by atoms with Crippen LogP contribution in [0.4, 0.5) is 0 Å². The number of hydrogen-bond donors (Lipinski definition) is 2. The topological polar surface area (TPSA) is 75.6 Å². The van der Waals surface area contributed by atoms with Gasteiger partial charge in [-0.05, 0) is 32.6 Å². The summed E-state index contributed by atoms with van der Waals surface area (Å²) in [7, 11) is 1.60. The lowest BCUT2D eigenvalue weighted by Gasteiger charge is -2.26. The summed E-state index contributed by atoms with van der Waals surface area (Å²) in [6.45, 7) is 2.39. The lowest BCUT2D eigenvalue weighted by molar-refractivity contribution is -0.144. The molecule has 0 bridgehead atoms. The van der Waals surface area contributed by atoms with E-state index in [-0.39, 0.29) is 23.8 Å². The summed E-state index contributed by atoms with van der Waals surface area (Å²) < 4.78 is 4.95. The van der Waals surface area contributed by atoms with Crippen molar-refractivity contribution in [1.82, 2.24) is 5.32 Å². The van der Waals surface area contributed by atoms with Crippen molar-refractivity contribution in [3.8, 4) is 0 Å². The van der Waals surface area contributed by atoms with Crippen LogP contribution >= 0.6 is 0 Å². The van der Waals surface area contributed by atoms with E-state index in [9.17, 15) is 9.59 Å². The van der Waals surface area contributed by atoms with Crippen LogP contribution in [0.15, 0.2) is 0 Å². The summed E-state index contributed by atoms with van der Waals surface area (Å²) in [5.41, 5.74) is 0. The fourth-order valence-corrected chi connectivity index (χ4v) is 2.25. The van der Waals surface area contributed by atoms with E-state index in [0.29, 0.717) is 32.3 Å². The molecule has 0 aromatic heterocycles. The molecule has 0 spiro atoms. The van der Waals surface area contributed by atoms with Crippen LogP contribution < -0.4 is 5.32 Å². The minimum Gasteiger partial charge on any atom is -0.481 e. The highest BCUT2D eigenvalue weighted by atomic mass is 16.5. The summed E-state index contributed by atoms with van der Waals surface area (Å²) in [4.78, 5) is 22.6. The molecule has 1 amide bonds. The molecule has 0 unspecified atom stereocenters. The third kappa shape index (κ3) is 4.34. The van der Waals surface area contributed by atoms with Crippen molar-refractivity contribution in [3.63, 3.8) is 0 Å². The lowest BCUT2D eigenvalue weighted by Crippen LogP contribution is -2.41. The molecule has 0 aromatic rings. The average Bonchev–Trinajstić information content (AvgIpc) is 2.29. The fraction of sp³-hybridized carbons (Fsp3) is 0.833. The maximum Gasteiger partial charge on any atom is 0.306 e. The van der Waals surface area contributed by atoms with Gasteiger partial charge in [0.25, 0.3) is 0 Å². The van der Waals surface area contributed by atoms with Crippen LogP contribution in [0.1, 0.15) is 32.6 Å². The normalized spacial score (nSPS) is 26.2. The first-order chi connectivity index (χ1) is 8.04. The molecule has 98 valence electrons. The van der Waals surface area contributed by atoms with E-state index >= 15 is 0 Å². The third-order valence-corrected chi connectivity index (χ3v) is 3.25. The molecule has 0 aromatic carbocycles. The number of amides is 1. The number of nitrogens with one attached hydrogen (secondary N) is 1. The van der Waals surface area contributed by atoms with Gasteiger partial charge in [-0.2, -0.15) is 0 Å². The number of aliphatic carboxylic acids is 1. The molecule has 0 saturated heterocycles. The van der Waals surface area contributed by atoms with Crippen molar-refractivity contribution in [1.29, 1.82) is 0 Å². The number of carbonyl (C=O) groups excluding carboxylic acids is 1. The highest BCUT2D eigenvalue weighted by Gasteiger charge is 2.29. The van der Waals surface area contributed by atoms with Crippen LogP contribution in [0, 0.1) is 11.8 Å². The molecule has 0 aliphatic heterocycles. The molecular weight excluding hydrogens is 222 g/mol. The number of rotatable bonds is 5. The zero-order valence-corrected chi connectivity index (χ0v) is 10.4. The second-order valence-electron chi connectivity index (χ2n) is 4.75. The summed E-state index contributed by atoms with van der Waals surface area (Å²) in [5.74, 6) is -1.02. The monoisotopic (exact) mass is 243 g/mol. The highest BCUT2D eigenvalue weighted by molar-refractivity contribution is 5.79. The van der Waals surface area contributed by atoms with Crippen molar-refractivity contribution in [2.24, 2.45) is 11.8 Å². The Hall–Kier alpha value is -1.10. The van der Waals surface area contributed by atoms with Gasteiger partial charge < -0.3 is 15.2 Å². The molecule has 17 heavy (non-hydrogen) atoms. The molecule has 5 heteroatoms. The third-order valence-electron chi connectivity index (χ3n) is 3.25. The van der Waals surface area contributed by atoms with Gasteiger partial charge in [0.2, 0.25) is 5.91 Å². The molecule has 1 saturated carbocycles. The van der Waals surface area contributed by atoms with Crippen LogP contribution in [0.5, 0.6) is 0 Å². The van der Waals surface area contributed by atoms with E-state index in [0.717, 1.165) is 0 Å². The second-order valence-corrected chi connectivity index (χ2v) is 4.75. The predicted octanol–water partition coefficient (Wildman–Crippen LogP) is 1.03. The van der Waals surface area contributed by atoms with Gasteiger partial charge in [-0.25, -0.2) is 0 Å². The predicted molar refractivity (Wildman–Crippen MR) is 62.6 cm³/mol. The first-order valence-electron chi connectivity index (χ1n) is 6.06. The smallest absolute Gasteiger partial charge is 0.306 e. The molecule has 1 atom stereocenters. The number of hydrogen-bond acceptors (Lipinski definition) is 3. The fourth-order valence-electron chi connectivity index (χ4n) is 2.25. The van der Waals surface area contributed by atoms with E-state index < -0.39 is 5.97 Å². The zero-order valence-electron chi connectivity index (χ0n) is 10.4. The first-order valence-corrected chi connectivity index (χ1v) is 6.06. The average molecular weight is 243 g/mol. The van der Waals surface area contributed by atoms with Gasteiger partial charge in [-0.1, -0.05) is 0 Å². The van der Waals surface area contributed by atoms with Gasteiger partial charge >= 0.3 is 5.97 Å². The molecule has 1 aliphatic carbocycles. The number of carboxylic acids is 1. The van der Waals surface area contributed by atoms with E-state index in [1.54, 1.807) is 7.11 Å². The first kappa shape index (κ1) is 14.0. The van der Waals surface area contributed by atoms with Crippen LogP contribution in [-0.2, 0) is 14.3 Å². The van der Waals surface area contributed by atoms with E-state index in [4.69, 9.17) is 9.84 Å². The second kappa shape index (κ2) is 6.59. The molecule has 5 nitrogen and oxygen atoms in total. The molecule has 1 aliphatic rings. The van der Waals surface area contributed by atoms with Crippen LogP contribution in [-0.4, -0.2) is 36.7 Å². The molecule has 1 rings (SSSR count). The van der Waals surface area contributed by atoms with Gasteiger partial charge in [0.15, 0.2) is 0 Å². The molecule has 1 fully saturated rings. The van der Waals surface area contributed by atoms with Crippen LogP contribution in [0.25, 0.3) is 0 Å². The van der Waals surface area contributed by atoms with Crippen LogP contribution in [0.2, 0.25) is 0 Å². The van der Waals surface area contributed by atoms with E-state index in [1.807, 2.05) is 6.92 Å². The van der Waals surface area contributed by atoms with Gasteiger partial charge in [-0.15, -0.1) is 0 Å². The maximum atomic E-state index is 11.8. The molecule has 0 radical (unpaired) electrons.